The van der Waals surface area contributed by atoms with Crippen LogP contribution in [0.25, 0.3) is 0 Å². The van der Waals surface area contributed by atoms with E-state index in [2.05, 4.69) is 10.6 Å². The number of nitrogens with one attached hydrogen (secondary N) is 2. The van der Waals surface area contributed by atoms with E-state index in [1.165, 1.54) is 0 Å². The van der Waals surface area contributed by atoms with Gasteiger partial charge in [-0.05, 0) is 58.7 Å². The maximum Gasteiger partial charge on any atom is 0.407 e. The van der Waals surface area contributed by atoms with Crippen LogP contribution in [0, 0.1) is 0 Å². The predicted octanol–water partition coefficient (Wildman–Crippen LogP) is 3.93. The van der Waals surface area contributed by atoms with E-state index in [1.54, 1.807) is 0 Å². The molecule has 0 saturated carbocycles. The lowest BCUT2D eigenvalue weighted by Crippen LogP contribution is -2.54. The van der Waals surface area contributed by atoms with Crippen molar-refractivity contribution in [3.8, 4) is 5.75 Å². The third-order valence-electron chi connectivity index (χ3n) is 4.60. The minimum absolute atomic E-state index is 0.290. The number of carbonyl (C=O) groups excluding carboxylic acids is 1. The van der Waals surface area contributed by atoms with Crippen LogP contribution in [0.1, 0.15) is 40.2 Å². The van der Waals surface area contributed by atoms with Gasteiger partial charge in [-0.3, -0.25) is 0 Å². The largest absolute Gasteiger partial charge is 0.492 e. The monoisotopic (exact) mass is 428 g/mol. The van der Waals surface area contributed by atoms with Gasteiger partial charge >= 0.3 is 6.09 Å². The van der Waals surface area contributed by atoms with Crippen LogP contribution in [0.3, 0.4) is 0 Å². The van der Waals surface area contributed by atoms with Crippen molar-refractivity contribution in [3.63, 3.8) is 0 Å². The highest BCUT2D eigenvalue weighted by molar-refractivity contribution is 5.68. The van der Waals surface area contributed by atoms with Crippen LogP contribution in [-0.4, -0.2) is 47.6 Å². The van der Waals surface area contributed by atoms with E-state index in [9.17, 15) is 9.90 Å². The number of β-amino-alcohol motifs (C(OH)–C–C–N with tert-alkyl or cyclic N) is 1. The zero-order chi connectivity index (χ0) is 22.9. The molecule has 6 heteroatoms. The van der Waals surface area contributed by atoms with Gasteiger partial charge in [0.15, 0.2) is 0 Å². The first-order valence-electron chi connectivity index (χ1n) is 10.7. The third kappa shape index (κ3) is 9.85. The number of hydrogen-bond acceptors (Lipinski definition) is 5. The molecule has 0 unspecified atom stereocenters. The SMILES string of the molecule is CC(C)(COc1ccccc1)NC[C@@H](O)[C@H](Cc1ccccc1)NC(=O)OC(C)(C)C. The van der Waals surface area contributed by atoms with E-state index in [1.807, 2.05) is 95.3 Å². The lowest BCUT2D eigenvalue weighted by Gasteiger charge is -2.31. The molecule has 2 aromatic carbocycles. The number of hydrogen-bond donors (Lipinski definition) is 3. The molecule has 0 radical (unpaired) electrons. The molecule has 0 aliphatic rings. The first-order chi connectivity index (χ1) is 14.5. The van der Waals surface area contributed by atoms with E-state index in [-0.39, 0.29) is 5.54 Å². The molecule has 2 rings (SSSR count). The number of ether oxygens (including phenoxy) is 2. The molecule has 0 saturated heterocycles. The van der Waals surface area contributed by atoms with Crippen molar-refractivity contribution in [1.82, 2.24) is 10.6 Å². The Kier molecular flexibility index (Phi) is 8.89. The molecule has 0 spiro atoms. The summed E-state index contributed by atoms with van der Waals surface area (Å²) in [7, 11) is 0. The van der Waals surface area contributed by atoms with Gasteiger partial charge in [0.05, 0.1) is 12.1 Å². The summed E-state index contributed by atoms with van der Waals surface area (Å²) < 4.78 is 11.2. The Morgan fingerprint density at radius 3 is 2.13 bits per heavy atom. The highest BCUT2D eigenvalue weighted by atomic mass is 16.6. The van der Waals surface area contributed by atoms with Crippen LogP contribution in [-0.2, 0) is 11.2 Å². The van der Waals surface area contributed by atoms with Crippen LogP contribution in [0.4, 0.5) is 4.79 Å². The fourth-order valence-corrected chi connectivity index (χ4v) is 2.96. The highest BCUT2D eigenvalue weighted by Gasteiger charge is 2.27. The number of rotatable bonds is 10. The standard InChI is InChI=1S/C25H36N2O4/c1-24(2,3)31-23(29)27-21(16-19-12-8-6-9-13-19)22(28)17-26-25(4,5)18-30-20-14-10-7-11-15-20/h6-15,21-22,26,28H,16-18H2,1-5H3,(H,27,29)/t21-,22+/m0/s1. The molecule has 0 heterocycles. The van der Waals surface area contributed by atoms with Crippen LogP contribution in [0.5, 0.6) is 5.75 Å². The molecule has 0 aromatic heterocycles. The summed E-state index contributed by atoms with van der Waals surface area (Å²) in [5, 5.41) is 17.1. The topological polar surface area (TPSA) is 79.8 Å². The minimum atomic E-state index is -0.816. The lowest BCUT2D eigenvalue weighted by atomic mass is 10.00. The molecular formula is C25H36N2O4. The normalized spacial score (nSPS) is 13.9. The molecule has 2 atom stereocenters. The molecule has 6 nitrogen and oxygen atoms in total. The summed E-state index contributed by atoms with van der Waals surface area (Å²) in [4.78, 5) is 12.3. The molecule has 3 N–H and O–H groups in total. The minimum Gasteiger partial charge on any atom is -0.492 e. The van der Waals surface area contributed by atoms with E-state index in [0.29, 0.717) is 19.6 Å². The van der Waals surface area contributed by atoms with Crippen molar-refractivity contribution < 1.29 is 19.4 Å². The van der Waals surface area contributed by atoms with Gasteiger partial charge in [-0.15, -0.1) is 0 Å². The second kappa shape index (κ2) is 11.2. The summed E-state index contributed by atoms with van der Waals surface area (Å²) in [6.45, 7) is 10.2. The fraction of sp³-hybridized carbons (Fsp3) is 0.480. The smallest absolute Gasteiger partial charge is 0.407 e. The van der Waals surface area contributed by atoms with Gasteiger partial charge in [0, 0.05) is 12.1 Å². The Balaban J connectivity index is 1.96. The number of alkyl carbamates (subject to hydrolysis) is 1. The van der Waals surface area contributed by atoms with Gasteiger partial charge in [0.2, 0.25) is 0 Å². The zero-order valence-corrected chi connectivity index (χ0v) is 19.2. The predicted molar refractivity (Wildman–Crippen MR) is 123 cm³/mol. The Bertz CT molecular complexity index is 788. The summed E-state index contributed by atoms with van der Waals surface area (Å²) >= 11 is 0. The second-order valence-electron chi connectivity index (χ2n) is 9.38. The second-order valence-corrected chi connectivity index (χ2v) is 9.38. The molecule has 31 heavy (non-hydrogen) atoms. The van der Waals surface area contributed by atoms with Gasteiger partial charge in [-0.2, -0.15) is 0 Å². The molecule has 0 aliphatic heterocycles. The quantitative estimate of drug-likeness (QED) is 0.534. The van der Waals surface area contributed by atoms with Gasteiger partial charge in [-0.1, -0.05) is 48.5 Å². The molecule has 0 fully saturated rings. The van der Waals surface area contributed by atoms with Crippen LogP contribution >= 0.6 is 0 Å². The van der Waals surface area contributed by atoms with Crippen molar-refractivity contribution >= 4 is 6.09 Å². The van der Waals surface area contributed by atoms with Gasteiger partial charge in [0.25, 0.3) is 0 Å². The number of para-hydroxylation sites is 1. The number of aliphatic hydroxyl groups is 1. The molecule has 0 aliphatic carbocycles. The molecule has 2 aromatic rings. The Labute approximate surface area is 186 Å². The third-order valence-corrected chi connectivity index (χ3v) is 4.60. The van der Waals surface area contributed by atoms with Crippen LogP contribution in [0.2, 0.25) is 0 Å². The number of amides is 1. The Morgan fingerprint density at radius 2 is 1.55 bits per heavy atom. The maximum absolute atomic E-state index is 12.3. The van der Waals surface area contributed by atoms with Crippen molar-refractivity contribution in [2.75, 3.05) is 13.2 Å². The van der Waals surface area contributed by atoms with E-state index < -0.39 is 23.8 Å². The van der Waals surface area contributed by atoms with Gasteiger partial charge in [0.1, 0.15) is 18.0 Å². The first kappa shape index (κ1) is 24.7. The number of carbonyl (C=O) groups is 1. The van der Waals surface area contributed by atoms with Crippen molar-refractivity contribution in [2.24, 2.45) is 0 Å². The van der Waals surface area contributed by atoms with Crippen LogP contribution in [0.15, 0.2) is 60.7 Å². The summed E-state index contributed by atoms with van der Waals surface area (Å²) in [5.41, 5.74) is 0.0377. The summed E-state index contributed by atoms with van der Waals surface area (Å²) in [5.74, 6) is 0.798. The fourth-order valence-electron chi connectivity index (χ4n) is 2.96. The number of aliphatic hydroxyl groups excluding tert-OH is 1. The molecule has 170 valence electrons. The van der Waals surface area contributed by atoms with E-state index in [4.69, 9.17) is 9.47 Å². The van der Waals surface area contributed by atoms with Crippen LogP contribution < -0.4 is 15.4 Å². The molecule has 0 bridgehead atoms. The van der Waals surface area contributed by atoms with Gasteiger partial charge in [-0.25, -0.2) is 4.79 Å². The first-order valence-corrected chi connectivity index (χ1v) is 10.7. The Hall–Kier alpha value is -2.57. The maximum atomic E-state index is 12.3. The van der Waals surface area contributed by atoms with Crippen molar-refractivity contribution in [2.45, 2.75) is 64.3 Å². The molecule has 1 amide bonds. The molecular weight excluding hydrogens is 392 g/mol. The van der Waals surface area contributed by atoms with E-state index >= 15 is 0 Å². The Morgan fingerprint density at radius 1 is 0.968 bits per heavy atom. The van der Waals surface area contributed by atoms with Crippen molar-refractivity contribution in [3.05, 3.63) is 66.2 Å². The highest BCUT2D eigenvalue weighted by Crippen LogP contribution is 2.13. The van der Waals surface area contributed by atoms with E-state index in [0.717, 1.165) is 11.3 Å². The average Bonchev–Trinajstić information content (AvgIpc) is 2.70. The lowest BCUT2D eigenvalue weighted by molar-refractivity contribution is 0.0411. The summed E-state index contributed by atoms with van der Waals surface area (Å²) in [6, 6.07) is 18.9. The summed E-state index contributed by atoms with van der Waals surface area (Å²) in [6.07, 6.45) is -0.868. The number of benzene rings is 2. The van der Waals surface area contributed by atoms with Crippen molar-refractivity contribution in [1.29, 1.82) is 0 Å². The average molecular weight is 429 g/mol. The zero-order valence-electron chi connectivity index (χ0n) is 19.2. The van der Waals surface area contributed by atoms with Gasteiger partial charge < -0.3 is 25.2 Å².